The first-order valence-electron chi connectivity index (χ1n) is 8.56. The van der Waals surface area contributed by atoms with E-state index in [2.05, 4.69) is 9.71 Å². The number of hydrogen-bond acceptors (Lipinski definition) is 5. The lowest BCUT2D eigenvalue weighted by Crippen LogP contribution is -2.32. The Hall–Kier alpha value is -2.55. The van der Waals surface area contributed by atoms with Crippen LogP contribution >= 0.6 is 0 Å². The number of nitrogens with one attached hydrogen (secondary N) is 1. The van der Waals surface area contributed by atoms with Crippen LogP contribution in [0.2, 0.25) is 0 Å². The Kier molecular flexibility index (Phi) is 5.93. The highest BCUT2D eigenvalue weighted by molar-refractivity contribution is 7.92. The molecule has 0 amide bonds. The molecule has 0 aliphatic carbocycles. The number of aryl methyl sites for hydroxylation is 1. The first-order valence-corrected chi connectivity index (χ1v) is 11.6. The molecule has 0 saturated carbocycles. The number of sulfonamides is 1. The zero-order chi connectivity index (χ0) is 20.2. The number of benzene rings is 2. The molecule has 1 heterocycles. The largest absolute Gasteiger partial charge is 0.264 e. The molecule has 28 heavy (non-hydrogen) atoms. The number of hydrogen-bond donors (Lipinski definition) is 1. The Balaban J connectivity index is 1.94. The van der Waals surface area contributed by atoms with Gasteiger partial charge in [0, 0.05) is 18.9 Å². The van der Waals surface area contributed by atoms with E-state index in [0.29, 0.717) is 5.56 Å². The van der Waals surface area contributed by atoms with Gasteiger partial charge in [0.15, 0.2) is 9.84 Å². The van der Waals surface area contributed by atoms with Gasteiger partial charge in [-0.25, -0.2) is 21.6 Å². The van der Waals surface area contributed by atoms with Crippen LogP contribution < -0.4 is 4.72 Å². The van der Waals surface area contributed by atoms with Crippen LogP contribution in [-0.2, 0) is 19.9 Å². The van der Waals surface area contributed by atoms with Crippen LogP contribution in [0.25, 0.3) is 0 Å². The van der Waals surface area contributed by atoms with Crippen LogP contribution in [0.15, 0.2) is 88.9 Å². The average molecular weight is 417 g/mol. The minimum absolute atomic E-state index is 0.0835. The molecule has 3 rings (SSSR count). The van der Waals surface area contributed by atoms with Gasteiger partial charge < -0.3 is 0 Å². The lowest BCUT2D eigenvalue weighted by Gasteiger charge is -2.19. The maximum absolute atomic E-state index is 13.2. The Morgan fingerprint density at radius 1 is 0.857 bits per heavy atom. The molecule has 1 N–H and O–H groups in total. The zero-order valence-electron chi connectivity index (χ0n) is 15.2. The smallest absolute Gasteiger partial charge is 0.240 e. The Morgan fingerprint density at radius 2 is 1.54 bits per heavy atom. The molecule has 1 atom stereocenters. The molecular weight excluding hydrogens is 396 g/mol. The lowest BCUT2D eigenvalue weighted by molar-refractivity contribution is 0.568. The number of pyridine rings is 1. The first-order chi connectivity index (χ1) is 13.3. The molecule has 1 aromatic heterocycles. The van der Waals surface area contributed by atoms with Crippen molar-refractivity contribution in [1.82, 2.24) is 9.71 Å². The van der Waals surface area contributed by atoms with Gasteiger partial charge in [0.1, 0.15) is 5.25 Å². The quantitative estimate of drug-likeness (QED) is 0.639. The van der Waals surface area contributed by atoms with E-state index in [0.717, 1.165) is 5.56 Å². The third-order valence-corrected chi connectivity index (χ3v) is 7.85. The van der Waals surface area contributed by atoms with E-state index in [4.69, 9.17) is 0 Å². The Morgan fingerprint density at radius 3 is 2.14 bits per heavy atom. The highest BCUT2D eigenvalue weighted by Gasteiger charge is 2.30. The van der Waals surface area contributed by atoms with Crippen LogP contribution in [0.4, 0.5) is 0 Å². The molecule has 0 aliphatic heterocycles. The molecule has 0 spiro atoms. The first kappa shape index (κ1) is 20.2. The molecule has 6 nitrogen and oxygen atoms in total. The van der Waals surface area contributed by atoms with Crippen molar-refractivity contribution in [3.8, 4) is 0 Å². The zero-order valence-corrected chi connectivity index (χ0v) is 16.8. The third-order valence-electron chi connectivity index (χ3n) is 4.29. The van der Waals surface area contributed by atoms with Crippen molar-refractivity contribution in [1.29, 1.82) is 0 Å². The SMILES string of the molecule is Cc1ccc(S(=O)(=O)NC[C@H](c2cccnc2)S(=O)(=O)c2ccccc2)cc1. The summed E-state index contributed by atoms with van der Waals surface area (Å²) in [5, 5.41) is -1.11. The second-order valence-electron chi connectivity index (χ2n) is 6.30. The van der Waals surface area contributed by atoms with Crippen molar-refractivity contribution < 1.29 is 16.8 Å². The molecule has 146 valence electrons. The summed E-state index contributed by atoms with van der Waals surface area (Å²) in [5.41, 5.74) is 1.34. The van der Waals surface area contributed by atoms with E-state index in [1.807, 2.05) is 6.92 Å². The number of nitrogens with zero attached hydrogens (tertiary/aromatic N) is 1. The molecule has 8 heteroatoms. The summed E-state index contributed by atoms with van der Waals surface area (Å²) >= 11 is 0. The van der Waals surface area contributed by atoms with Crippen molar-refractivity contribution in [3.63, 3.8) is 0 Å². The molecular formula is C20H20N2O4S2. The maximum atomic E-state index is 13.2. The van der Waals surface area contributed by atoms with Gasteiger partial charge in [-0.1, -0.05) is 42.0 Å². The van der Waals surface area contributed by atoms with Gasteiger partial charge in [-0.3, -0.25) is 4.98 Å². The molecule has 0 unspecified atom stereocenters. The standard InChI is InChI=1S/C20H20N2O4S2/c1-16-9-11-19(12-10-16)28(25,26)22-15-20(17-6-5-13-21-14-17)27(23,24)18-7-3-2-4-8-18/h2-14,20,22H,15H2,1H3/t20-/m1/s1. The molecule has 0 saturated heterocycles. The third kappa shape index (κ3) is 4.46. The maximum Gasteiger partial charge on any atom is 0.240 e. The van der Waals surface area contributed by atoms with Gasteiger partial charge in [0.05, 0.1) is 9.79 Å². The van der Waals surface area contributed by atoms with Crippen molar-refractivity contribution in [3.05, 3.63) is 90.3 Å². The molecule has 2 aromatic carbocycles. The van der Waals surface area contributed by atoms with Gasteiger partial charge in [0.2, 0.25) is 10.0 Å². The Labute approximate surface area is 165 Å². The van der Waals surface area contributed by atoms with Crippen LogP contribution in [0.1, 0.15) is 16.4 Å². The summed E-state index contributed by atoms with van der Waals surface area (Å²) in [6.45, 7) is 1.55. The fourth-order valence-corrected chi connectivity index (χ4v) is 5.55. The van der Waals surface area contributed by atoms with E-state index in [-0.39, 0.29) is 16.3 Å². The van der Waals surface area contributed by atoms with Crippen LogP contribution in [0.3, 0.4) is 0 Å². The minimum atomic E-state index is -3.86. The molecule has 0 aliphatic rings. The summed E-state index contributed by atoms with van der Waals surface area (Å²) < 4.78 is 54.0. The highest BCUT2D eigenvalue weighted by atomic mass is 32.2. The van der Waals surface area contributed by atoms with Crippen molar-refractivity contribution in [2.45, 2.75) is 22.0 Å². The number of rotatable bonds is 7. The predicted octanol–water partition coefficient (Wildman–Crippen LogP) is 2.88. The summed E-state index contributed by atoms with van der Waals surface area (Å²) in [4.78, 5) is 4.19. The van der Waals surface area contributed by atoms with Gasteiger partial charge in [-0.15, -0.1) is 0 Å². The van der Waals surface area contributed by atoms with Crippen molar-refractivity contribution in [2.75, 3.05) is 6.54 Å². The van der Waals surface area contributed by atoms with E-state index >= 15 is 0 Å². The van der Waals surface area contributed by atoms with E-state index in [1.54, 1.807) is 42.5 Å². The van der Waals surface area contributed by atoms with E-state index in [9.17, 15) is 16.8 Å². The van der Waals surface area contributed by atoms with Crippen molar-refractivity contribution in [2.24, 2.45) is 0 Å². The van der Waals surface area contributed by atoms with Crippen LogP contribution in [-0.4, -0.2) is 28.4 Å². The van der Waals surface area contributed by atoms with E-state index < -0.39 is 25.1 Å². The van der Waals surface area contributed by atoms with Gasteiger partial charge in [-0.05, 0) is 42.8 Å². The Bertz CT molecular complexity index is 1130. The topological polar surface area (TPSA) is 93.2 Å². The summed E-state index contributed by atoms with van der Waals surface area (Å²) in [6, 6.07) is 17.6. The summed E-state index contributed by atoms with van der Waals surface area (Å²) in [7, 11) is -7.69. The normalized spacial score (nSPS) is 13.2. The average Bonchev–Trinajstić information content (AvgIpc) is 2.70. The van der Waals surface area contributed by atoms with Gasteiger partial charge in [0.25, 0.3) is 0 Å². The fourth-order valence-electron chi connectivity index (χ4n) is 2.73. The summed E-state index contributed by atoms with van der Waals surface area (Å²) in [5.74, 6) is 0. The summed E-state index contributed by atoms with van der Waals surface area (Å²) in [6.07, 6.45) is 2.97. The van der Waals surface area contributed by atoms with Gasteiger partial charge >= 0.3 is 0 Å². The van der Waals surface area contributed by atoms with Crippen molar-refractivity contribution >= 4 is 19.9 Å². The monoisotopic (exact) mass is 416 g/mol. The van der Waals surface area contributed by atoms with E-state index in [1.165, 1.54) is 36.7 Å². The number of aromatic nitrogens is 1. The minimum Gasteiger partial charge on any atom is -0.264 e. The second kappa shape index (κ2) is 8.22. The number of sulfone groups is 1. The van der Waals surface area contributed by atoms with Gasteiger partial charge in [-0.2, -0.15) is 0 Å². The van der Waals surface area contributed by atoms with Crippen LogP contribution in [0.5, 0.6) is 0 Å². The molecule has 0 radical (unpaired) electrons. The van der Waals surface area contributed by atoms with Crippen LogP contribution in [0, 0.1) is 6.92 Å². The highest BCUT2D eigenvalue weighted by Crippen LogP contribution is 2.28. The molecule has 3 aromatic rings. The fraction of sp³-hybridized carbons (Fsp3) is 0.150. The predicted molar refractivity (Wildman–Crippen MR) is 107 cm³/mol. The molecule has 0 fully saturated rings. The molecule has 0 bridgehead atoms. The second-order valence-corrected chi connectivity index (χ2v) is 10.2. The lowest BCUT2D eigenvalue weighted by atomic mass is 10.2.